The number of methoxy groups -OCH3 is 1. The van der Waals surface area contributed by atoms with Crippen molar-refractivity contribution in [1.82, 2.24) is 4.98 Å². The number of hydrogen-bond donors (Lipinski definition) is 1. The average molecular weight is 225 g/mol. The molecule has 84 valence electrons. The van der Waals surface area contributed by atoms with Crippen LogP contribution in [0.5, 0.6) is 5.88 Å². The molecule has 0 bridgehead atoms. The molecular formula is C13H11N3O. The molecule has 0 spiro atoms. The number of rotatable bonds is 2. The Morgan fingerprint density at radius 3 is 2.71 bits per heavy atom. The maximum atomic E-state index is 8.86. The SMILES string of the molecule is COc1ccc(-c2cc(C#N)ccc2N)cn1. The Morgan fingerprint density at radius 1 is 1.29 bits per heavy atom. The van der Waals surface area contributed by atoms with Gasteiger partial charge in [0, 0.05) is 29.1 Å². The minimum atomic E-state index is 0.545. The first-order valence-corrected chi connectivity index (χ1v) is 5.04. The molecule has 1 aromatic carbocycles. The Kier molecular flexibility index (Phi) is 2.93. The molecule has 0 fully saturated rings. The fraction of sp³-hybridized carbons (Fsp3) is 0.0769. The van der Waals surface area contributed by atoms with Gasteiger partial charge in [0.1, 0.15) is 0 Å². The number of pyridine rings is 1. The molecule has 0 saturated carbocycles. The van der Waals surface area contributed by atoms with Crippen molar-refractivity contribution in [2.24, 2.45) is 0 Å². The molecule has 1 aromatic heterocycles. The molecule has 0 radical (unpaired) electrons. The van der Waals surface area contributed by atoms with E-state index in [1.807, 2.05) is 6.07 Å². The quantitative estimate of drug-likeness (QED) is 0.795. The fourth-order valence-electron chi connectivity index (χ4n) is 1.54. The van der Waals surface area contributed by atoms with Gasteiger partial charge in [0.2, 0.25) is 5.88 Å². The summed E-state index contributed by atoms with van der Waals surface area (Å²) in [4.78, 5) is 4.11. The maximum Gasteiger partial charge on any atom is 0.212 e. The van der Waals surface area contributed by atoms with Gasteiger partial charge in [0.25, 0.3) is 0 Å². The largest absolute Gasteiger partial charge is 0.481 e. The summed E-state index contributed by atoms with van der Waals surface area (Å²) in [6.07, 6.45) is 1.67. The van der Waals surface area contributed by atoms with E-state index in [4.69, 9.17) is 15.7 Å². The summed E-state index contributed by atoms with van der Waals surface area (Å²) >= 11 is 0. The number of aromatic nitrogens is 1. The van der Waals surface area contributed by atoms with Crippen LogP contribution < -0.4 is 10.5 Å². The number of nitrogen functional groups attached to an aromatic ring is 1. The Hall–Kier alpha value is -2.54. The second-order valence-electron chi connectivity index (χ2n) is 3.50. The molecule has 17 heavy (non-hydrogen) atoms. The van der Waals surface area contributed by atoms with Crippen molar-refractivity contribution < 1.29 is 4.74 Å². The number of hydrogen-bond acceptors (Lipinski definition) is 4. The average Bonchev–Trinajstić information content (AvgIpc) is 2.39. The highest BCUT2D eigenvalue weighted by Crippen LogP contribution is 2.27. The molecule has 0 aliphatic heterocycles. The lowest BCUT2D eigenvalue weighted by atomic mass is 10.0. The van der Waals surface area contributed by atoms with E-state index in [1.165, 1.54) is 0 Å². The lowest BCUT2D eigenvalue weighted by molar-refractivity contribution is 0.398. The summed E-state index contributed by atoms with van der Waals surface area (Å²) in [6.45, 7) is 0. The predicted octanol–water partition coefficient (Wildman–Crippen LogP) is 2.21. The van der Waals surface area contributed by atoms with Gasteiger partial charge < -0.3 is 10.5 Å². The fourth-order valence-corrected chi connectivity index (χ4v) is 1.54. The molecule has 0 aliphatic rings. The Labute approximate surface area is 99.3 Å². The molecule has 1 heterocycles. The van der Waals surface area contributed by atoms with E-state index < -0.39 is 0 Å². The third-order valence-electron chi connectivity index (χ3n) is 2.44. The van der Waals surface area contributed by atoms with Crippen LogP contribution in [0.15, 0.2) is 36.5 Å². The van der Waals surface area contributed by atoms with Crippen molar-refractivity contribution in [2.45, 2.75) is 0 Å². The first-order chi connectivity index (χ1) is 8.24. The zero-order valence-electron chi connectivity index (χ0n) is 9.34. The first kappa shape index (κ1) is 11.0. The minimum absolute atomic E-state index is 0.545. The third-order valence-corrected chi connectivity index (χ3v) is 2.44. The van der Waals surface area contributed by atoms with Crippen molar-refractivity contribution in [2.75, 3.05) is 12.8 Å². The van der Waals surface area contributed by atoms with Crippen LogP contribution in [0.25, 0.3) is 11.1 Å². The lowest BCUT2D eigenvalue weighted by Crippen LogP contribution is -1.92. The Balaban J connectivity index is 2.48. The van der Waals surface area contributed by atoms with Crippen molar-refractivity contribution in [1.29, 1.82) is 5.26 Å². The number of ether oxygens (including phenoxy) is 1. The Bertz CT molecular complexity index is 570. The molecule has 0 atom stereocenters. The van der Waals surface area contributed by atoms with Gasteiger partial charge in [-0.15, -0.1) is 0 Å². The van der Waals surface area contributed by atoms with Crippen LogP contribution in [0.4, 0.5) is 5.69 Å². The van der Waals surface area contributed by atoms with Crippen LogP contribution in [0.2, 0.25) is 0 Å². The molecule has 0 saturated heterocycles. The van der Waals surface area contributed by atoms with Crippen LogP contribution in [-0.2, 0) is 0 Å². The van der Waals surface area contributed by atoms with E-state index in [0.717, 1.165) is 11.1 Å². The van der Waals surface area contributed by atoms with Gasteiger partial charge in [-0.3, -0.25) is 0 Å². The Morgan fingerprint density at radius 2 is 2.12 bits per heavy atom. The van der Waals surface area contributed by atoms with Gasteiger partial charge in [0.15, 0.2) is 0 Å². The van der Waals surface area contributed by atoms with Crippen LogP contribution in [0, 0.1) is 11.3 Å². The van der Waals surface area contributed by atoms with Gasteiger partial charge in [-0.1, -0.05) is 0 Å². The van der Waals surface area contributed by atoms with Gasteiger partial charge in [-0.2, -0.15) is 5.26 Å². The summed E-state index contributed by atoms with van der Waals surface area (Å²) in [5.41, 5.74) is 8.74. The standard InChI is InChI=1S/C13H11N3O/c1-17-13-5-3-10(8-16-13)11-6-9(7-14)2-4-12(11)15/h2-6,8H,15H2,1H3. The molecular weight excluding hydrogens is 214 g/mol. The summed E-state index contributed by atoms with van der Waals surface area (Å²) in [6, 6.07) is 10.9. The lowest BCUT2D eigenvalue weighted by Gasteiger charge is -2.06. The van der Waals surface area contributed by atoms with Gasteiger partial charge in [-0.05, 0) is 24.3 Å². The number of nitrogens with zero attached hydrogens (tertiary/aromatic N) is 2. The zero-order valence-corrected chi connectivity index (χ0v) is 9.34. The first-order valence-electron chi connectivity index (χ1n) is 5.04. The zero-order chi connectivity index (χ0) is 12.3. The number of benzene rings is 1. The summed E-state index contributed by atoms with van der Waals surface area (Å²) in [7, 11) is 1.56. The maximum absolute atomic E-state index is 8.86. The van der Waals surface area contributed by atoms with Gasteiger partial charge in [-0.25, -0.2) is 4.98 Å². The van der Waals surface area contributed by atoms with E-state index in [-0.39, 0.29) is 0 Å². The smallest absolute Gasteiger partial charge is 0.212 e. The highest BCUT2D eigenvalue weighted by atomic mass is 16.5. The molecule has 0 unspecified atom stereocenters. The summed E-state index contributed by atoms with van der Waals surface area (Å²) in [5, 5.41) is 8.86. The molecule has 0 amide bonds. The number of nitriles is 1. The molecule has 2 aromatic rings. The van der Waals surface area contributed by atoms with Crippen molar-refractivity contribution >= 4 is 5.69 Å². The molecule has 4 nitrogen and oxygen atoms in total. The van der Waals surface area contributed by atoms with E-state index in [1.54, 1.807) is 37.6 Å². The number of anilines is 1. The third kappa shape index (κ3) is 2.18. The number of nitrogens with two attached hydrogens (primary N) is 1. The topological polar surface area (TPSA) is 71.9 Å². The summed E-state index contributed by atoms with van der Waals surface area (Å²) in [5.74, 6) is 0.545. The highest BCUT2D eigenvalue weighted by Gasteiger charge is 2.05. The van der Waals surface area contributed by atoms with Gasteiger partial charge >= 0.3 is 0 Å². The second-order valence-corrected chi connectivity index (χ2v) is 3.50. The summed E-state index contributed by atoms with van der Waals surface area (Å²) < 4.78 is 4.99. The molecule has 2 N–H and O–H groups in total. The highest BCUT2D eigenvalue weighted by molar-refractivity contribution is 5.77. The van der Waals surface area contributed by atoms with E-state index >= 15 is 0 Å². The van der Waals surface area contributed by atoms with Crippen molar-refractivity contribution in [3.05, 3.63) is 42.1 Å². The van der Waals surface area contributed by atoms with Gasteiger partial charge in [0.05, 0.1) is 18.7 Å². The molecule has 2 rings (SSSR count). The van der Waals surface area contributed by atoms with Crippen molar-refractivity contribution in [3.8, 4) is 23.1 Å². The monoisotopic (exact) mass is 225 g/mol. The van der Waals surface area contributed by atoms with Crippen LogP contribution in [0.1, 0.15) is 5.56 Å². The van der Waals surface area contributed by atoms with Crippen LogP contribution in [-0.4, -0.2) is 12.1 Å². The van der Waals surface area contributed by atoms with E-state index in [2.05, 4.69) is 11.1 Å². The van der Waals surface area contributed by atoms with E-state index in [9.17, 15) is 0 Å². The predicted molar refractivity (Wildman–Crippen MR) is 65.4 cm³/mol. The normalized spacial score (nSPS) is 9.65. The van der Waals surface area contributed by atoms with Crippen LogP contribution in [0.3, 0.4) is 0 Å². The molecule has 0 aliphatic carbocycles. The molecule has 4 heteroatoms. The second kappa shape index (κ2) is 4.54. The van der Waals surface area contributed by atoms with Crippen molar-refractivity contribution in [3.63, 3.8) is 0 Å². The van der Waals surface area contributed by atoms with Crippen LogP contribution >= 0.6 is 0 Å². The minimum Gasteiger partial charge on any atom is -0.481 e. The van der Waals surface area contributed by atoms with E-state index in [0.29, 0.717) is 17.1 Å².